The van der Waals surface area contributed by atoms with Gasteiger partial charge in [-0.25, -0.2) is 8.42 Å². The predicted octanol–water partition coefficient (Wildman–Crippen LogP) is 0.801. The van der Waals surface area contributed by atoms with Gasteiger partial charge in [0.1, 0.15) is 5.75 Å². The second kappa shape index (κ2) is 5.35. The minimum atomic E-state index is -3.11. The summed E-state index contributed by atoms with van der Waals surface area (Å²) in [4.78, 5) is 0. The van der Waals surface area contributed by atoms with Crippen molar-refractivity contribution in [1.82, 2.24) is 0 Å². The molecule has 2 rings (SSSR count). The summed E-state index contributed by atoms with van der Waals surface area (Å²) < 4.78 is 28.6. The first-order valence-corrected chi connectivity index (χ1v) is 8.39. The summed E-state index contributed by atoms with van der Waals surface area (Å²) >= 11 is 0. The Kier molecular flexibility index (Phi) is 4.09. The Morgan fingerprint density at radius 2 is 2.20 bits per heavy atom. The van der Waals surface area contributed by atoms with Gasteiger partial charge in [0, 0.05) is 12.0 Å². The number of aliphatic hydroxyl groups is 1. The summed E-state index contributed by atoms with van der Waals surface area (Å²) in [5, 5.41) is 10.6. The molecule has 0 aromatic heterocycles. The molecule has 0 saturated carbocycles. The van der Waals surface area contributed by atoms with Crippen LogP contribution in [0.25, 0.3) is 0 Å². The summed E-state index contributed by atoms with van der Waals surface area (Å²) in [5.41, 5.74) is 6.58. The van der Waals surface area contributed by atoms with E-state index in [1.54, 1.807) is 19.2 Å². The number of ether oxygens (including phenoxy) is 1. The zero-order valence-corrected chi connectivity index (χ0v) is 12.6. The van der Waals surface area contributed by atoms with Crippen LogP contribution in [0.2, 0.25) is 0 Å². The lowest BCUT2D eigenvalue weighted by atomic mass is 9.78. The zero-order valence-electron chi connectivity index (χ0n) is 11.8. The van der Waals surface area contributed by atoms with Crippen LogP contribution in [0.4, 0.5) is 0 Å². The van der Waals surface area contributed by atoms with Gasteiger partial charge in [0.15, 0.2) is 9.84 Å². The molecule has 1 heterocycles. The molecule has 5 nitrogen and oxygen atoms in total. The molecule has 2 atom stereocenters. The molecule has 0 amide bonds. The van der Waals surface area contributed by atoms with Crippen molar-refractivity contribution in [2.24, 2.45) is 11.1 Å². The number of aryl methyl sites for hydroxylation is 1. The molecular weight excluding hydrogens is 278 g/mol. The van der Waals surface area contributed by atoms with Crippen molar-refractivity contribution in [3.8, 4) is 5.75 Å². The molecular formula is C14H21NO4S. The first kappa shape index (κ1) is 15.3. The molecule has 1 aliphatic rings. The lowest BCUT2D eigenvalue weighted by Crippen LogP contribution is -2.38. The third kappa shape index (κ3) is 2.68. The van der Waals surface area contributed by atoms with Gasteiger partial charge in [-0.15, -0.1) is 0 Å². The molecule has 2 unspecified atom stereocenters. The van der Waals surface area contributed by atoms with Gasteiger partial charge in [0.25, 0.3) is 0 Å². The Morgan fingerprint density at radius 1 is 1.50 bits per heavy atom. The number of hydrogen-bond donors (Lipinski definition) is 2. The quantitative estimate of drug-likeness (QED) is 0.858. The van der Waals surface area contributed by atoms with Gasteiger partial charge >= 0.3 is 0 Å². The zero-order chi connectivity index (χ0) is 15.0. The van der Waals surface area contributed by atoms with Crippen molar-refractivity contribution in [3.63, 3.8) is 0 Å². The van der Waals surface area contributed by atoms with Gasteiger partial charge in [0.2, 0.25) is 0 Å². The highest BCUT2D eigenvalue weighted by Crippen LogP contribution is 2.43. The average molecular weight is 299 g/mol. The maximum Gasteiger partial charge on any atom is 0.151 e. The maximum atomic E-state index is 11.7. The molecule has 3 N–H and O–H groups in total. The maximum absolute atomic E-state index is 11.7. The average Bonchev–Trinajstić information content (AvgIpc) is 2.74. The van der Waals surface area contributed by atoms with Gasteiger partial charge in [-0.1, -0.05) is 6.07 Å². The highest BCUT2D eigenvalue weighted by atomic mass is 32.2. The van der Waals surface area contributed by atoms with Crippen molar-refractivity contribution in [1.29, 1.82) is 0 Å². The highest BCUT2D eigenvalue weighted by Gasteiger charge is 2.47. The van der Waals surface area contributed by atoms with Crippen LogP contribution in [0, 0.1) is 12.3 Å². The Morgan fingerprint density at radius 3 is 2.65 bits per heavy atom. The summed E-state index contributed by atoms with van der Waals surface area (Å²) in [7, 11) is -1.52. The third-order valence-corrected chi connectivity index (χ3v) is 5.98. The van der Waals surface area contributed by atoms with Crippen LogP contribution in [0.1, 0.15) is 23.7 Å². The first-order chi connectivity index (χ1) is 9.33. The summed E-state index contributed by atoms with van der Waals surface area (Å²) in [6.07, 6.45) is -0.479. The molecule has 0 bridgehead atoms. The molecule has 1 fully saturated rings. The number of rotatable bonds is 4. The summed E-state index contributed by atoms with van der Waals surface area (Å²) in [5.74, 6) is 0.779. The van der Waals surface area contributed by atoms with Crippen LogP contribution in [0.15, 0.2) is 18.2 Å². The standard InChI is InChI=1S/C14H21NO4S/c1-10-7-11(3-4-12(10)19-2)13(16)14(8-15)5-6-20(17,18)9-14/h3-4,7,13,16H,5-6,8-9,15H2,1-2H3. The fourth-order valence-electron chi connectivity index (χ4n) is 2.85. The van der Waals surface area contributed by atoms with E-state index in [9.17, 15) is 13.5 Å². The number of hydrogen-bond acceptors (Lipinski definition) is 5. The van der Waals surface area contributed by atoms with Crippen LogP contribution < -0.4 is 10.5 Å². The van der Waals surface area contributed by atoms with E-state index in [-0.39, 0.29) is 18.1 Å². The van der Waals surface area contributed by atoms with Crippen LogP contribution >= 0.6 is 0 Å². The lowest BCUT2D eigenvalue weighted by Gasteiger charge is -2.32. The van der Waals surface area contributed by atoms with E-state index in [0.29, 0.717) is 12.0 Å². The van der Waals surface area contributed by atoms with E-state index in [0.717, 1.165) is 11.3 Å². The number of sulfone groups is 1. The molecule has 1 aromatic carbocycles. The smallest absolute Gasteiger partial charge is 0.151 e. The van der Waals surface area contributed by atoms with Gasteiger partial charge in [0.05, 0.1) is 24.7 Å². The number of aliphatic hydroxyl groups excluding tert-OH is 1. The fraction of sp³-hybridized carbons (Fsp3) is 0.571. The number of benzene rings is 1. The molecule has 112 valence electrons. The summed E-state index contributed by atoms with van der Waals surface area (Å²) in [6, 6.07) is 5.37. The second-order valence-electron chi connectivity index (χ2n) is 5.54. The van der Waals surface area contributed by atoms with E-state index in [2.05, 4.69) is 0 Å². The van der Waals surface area contributed by atoms with Crippen LogP contribution in [-0.4, -0.2) is 38.7 Å². The Balaban J connectivity index is 2.34. The van der Waals surface area contributed by atoms with Gasteiger partial charge < -0.3 is 15.6 Å². The number of nitrogens with two attached hydrogens (primary N) is 1. The van der Waals surface area contributed by atoms with E-state index in [1.807, 2.05) is 13.0 Å². The fourth-order valence-corrected chi connectivity index (χ4v) is 5.01. The van der Waals surface area contributed by atoms with Gasteiger partial charge in [-0.05, 0) is 36.6 Å². The molecule has 6 heteroatoms. The van der Waals surface area contributed by atoms with Crippen molar-refractivity contribution in [2.75, 3.05) is 25.2 Å². The lowest BCUT2D eigenvalue weighted by molar-refractivity contribution is 0.0471. The first-order valence-electron chi connectivity index (χ1n) is 6.57. The van der Waals surface area contributed by atoms with E-state index in [4.69, 9.17) is 10.5 Å². The number of methoxy groups -OCH3 is 1. The van der Waals surface area contributed by atoms with Gasteiger partial charge in [-0.2, -0.15) is 0 Å². The minimum absolute atomic E-state index is 0.0528. The summed E-state index contributed by atoms with van der Waals surface area (Å²) in [6.45, 7) is 2.04. The van der Waals surface area contributed by atoms with Crippen LogP contribution in [-0.2, 0) is 9.84 Å². The second-order valence-corrected chi connectivity index (χ2v) is 7.72. The molecule has 1 aromatic rings. The SMILES string of the molecule is COc1ccc(C(O)C2(CN)CCS(=O)(=O)C2)cc1C. The van der Waals surface area contributed by atoms with E-state index >= 15 is 0 Å². The Bertz CT molecular complexity index is 599. The predicted molar refractivity (Wildman–Crippen MR) is 77.4 cm³/mol. The Labute approximate surface area is 119 Å². The molecule has 20 heavy (non-hydrogen) atoms. The topological polar surface area (TPSA) is 89.6 Å². The van der Waals surface area contributed by atoms with Crippen LogP contribution in [0.3, 0.4) is 0 Å². The normalized spacial score (nSPS) is 26.4. The van der Waals surface area contributed by atoms with Crippen molar-refractivity contribution in [3.05, 3.63) is 29.3 Å². The Hall–Kier alpha value is -1.11. The largest absolute Gasteiger partial charge is 0.496 e. The van der Waals surface area contributed by atoms with E-state index < -0.39 is 21.4 Å². The monoisotopic (exact) mass is 299 g/mol. The van der Waals surface area contributed by atoms with Crippen molar-refractivity contribution >= 4 is 9.84 Å². The van der Waals surface area contributed by atoms with Crippen molar-refractivity contribution in [2.45, 2.75) is 19.4 Å². The molecule has 1 aliphatic heterocycles. The highest BCUT2D eigenvalue weighted by molar-refractivity contribution is 7.91. The third-order valence-electron chi connectivity index (χ3n) is 4.14. The molecule has 0 radical (unpaired) electrons. The van der Waals surface area contributed by atoms with Gasteiger partial charge in [-0.3, -0.25) is 0 Å². The molecule has 0 aliphatic carbocycles. The van der Waals surface area contributed by atoms with Crippen LogP contribution in [0.5, 0.6) is 5.75 Å². The van der Waals surface area contributed by atoms with E-state index in [1.165, 1.54) is 0 Å². The molecule has 0 spiro atoms. The molecule has 1 saturated heterocycles. The minimum Gasteiger partial charge on any atom is -0.496 e. The van der Waals surface area contributed by atoms with Crippen molar-refractivity contribution < 1.29 is 18.3 Å².